The lowest BCUT2D eigenvalue weighted by Gasteiger charge is -2.18. The highest BCUT2D eigenvalue weighted by molar-refractivity contribution is 7.26. The molecule has 0 aliphatic rings. The fourth-order valence-corrected chi connectivity index (χ4v) is 10.7. The molecule has 0 saturated heterocycles. The summed E-state index contributed by atoms with van der Waals surface area (Å²) in [6.45, 7) is 0. The Bertz CT molecular complexity index is 3510. The highest BCUT2D eigenvalue weighted by Gasteiger charge is 2.19. The number of hydrogen-bond donors (Lipinski definition) is 0. The first-order chi connectivity index (χ1) is 28.3. The van der Waals surface area contributed by atoms with Crippen LogP contribution in [0, 0.1) is 0 Å². The van der Waals surface area contributed by atoms with Crippen molar-refractivity contribution in [1.82, 2.24) is 0 Å². The SMILES string of the molecule is c1ccc(-c2cc3ccccc3c3ccccc23)c(-c2ccc(-c3c4ccccc4c(-c4ccc5c(c4)sc4ccc6ccccc6c45)c4ccccc34)cc2)c1. The molecule has 0 fully saturated rings. The summed E-state index contributed by atoms with van der Waals surface area (Å²) in [5.74, 6) is 0. The minimum Gasteiger partial charge on any atom is -0.135 e. The summed E-state index contributed by atoms with van der Waals surface area (Å²) in [6, 6.07) is 76.4. The molecule has 0 unspecified atom stereocenters. The molecule has 1 aromatic heterocycles. The molecule has 0 radical (unpaired) electrons. The van der Waals surface area contributed by atoms with Crippen LogP contribution in [0.15, 0.2) is 206 Å². The second-order valence-corrected chi connectivity index (χ2v) is 16.2. The number of benzene rings is 11. The predicted molar refractivity (Wildman–Crippen MR) is 249 cm³/mol. The first-order valence-electron chi connectivity index (χ1n) is 19.7. The maximum absolute atomic E-state index is 2.42. The summed E-state index contributed by atoms with van der Waals surface area (Å²) >= 11 is 1.90. The summed E-state index contributed by atoms with van der Waals surface area (Å²) in [6.07, 6.45) is 0. The van der Waals surface area contributed by atoms with Crippen LogP contribution in [0.25, 0.3) is 119 Å². The van der Waals surface area contributed by atoms with E-state index in [4.69, 9.17) is 0 Å². The summed E-state index contributed by atoms with van der Waals surface area (Å²) in [5.41, 5.74) is 10.0. The molecule has 1 heterocycles. The van der Waals surface area contributed by atoms with Gasteiger partial charge >= 0.3 is 0 Å². The number of rotatable bonds is 4. The zero-order valence-electron chi connectivity index (χ0n) is 31.0. The standard InChI is InChI=1S/C56H34S/c1-4-17-42-35(13-1)30-32-52-56(42)50-31-29-39(34-53(50)57-52)55-48-23-11-9-21-46(48)54(47-22-10-12-24-49(47)55)37-27-25-36(26-28-37)40-15-5-6-19-44(40)51-33-38-14-2-3-16-41(38)43-18-7-8-20-45(43)51/h1-34H. The van der Waals surface area contributed by atoms with E-state index in [9.17, 15) is 0 Å². The van der Waals surface area contributed by atoms with E-state index >= 15 is 0 Å². The average molecular weight is 739 g/mol. The lowest BCUT2D eigenvalue weighted by atomic mass is 9.85. The Morgan fingerprint density at radius 1 is 0.246 bits per heavy atom. The molecular formula is C56H34S. The van der Waals surface area contributed by atoms with Crippen LogP contribution in [0.2, 0.25) is 0 Å². The van der Waals surface area contributed by atoms with Crippen molar-refractivity contribution in [2.45, 2.75) is 0 Å². The highest BCUT2D eigenvalue weighted by Crippen LogP contribution is 2.47. The summed E-state index contributed by atoms with van der Waals surface area (Å²) in [4.78, 5) is 0. The van der Waals surface area contributed by atoms with Crippen LogP contribution >= 0.6 is 11.3 Å². The summed E-state index contributed by atoms with van der Waals surface area (Å²) < 4.78 is 2.66. The Balaban J connectivity index is 1.01. The van der Waals surface area contributed by atoms with E-state index in [1.807, 2.05) is 11.3 Å². The van der Waals surface area contributed by atoms with E-state index in [-0.39, 0.29) is 0 Å². The van der Waals surface area contributed by atoms with Crippen LogP contribution in [0.4, 0.5) is 0 Å². The minimum atomic E-state index is 1.21. The van der Waals surface area contributed by atoms with Gasteiger partial charge in [-0.15, -0.1) is 11.3 Å². The third-order valence-corrected chi connectivity index (χ3v) is 13.2. The number of thiophene rings is 1. The van der Waals surface area contributed by atoms with E-state index in [2.05, 4.69) is 206 Å². The predicted octanol–water partition coefficient (Wildman–Crippen LogP) is 16.5. The van der Waals surface area contributed by atoms with Gasteiger partial charge < -0.3 is 0 Å². The van der Waals surface area contributed by atoms with Crippen LogP contribution in [0.3, 0.4) is 0 Å². The van der Waals surface area contributed by atoms with Crippen molar-refractivity contribution in [3.05, 3.63) is 206 Å². The second kappa shape index (κ2) is 12.7. The third kappa shape index (κ3) is 4.99. The molecule has 0 spiro atoms. The maximum Gasteiger partial charge on any atom is 0.0361 e. The van der Waals surface area contributed by atoms with Crippen LogP contribution in [-0.4, -0.2) is 0 Å². The van der Waals surface area contributed by atoms with E-state index in [0.717, 1.165) is 0 Å². The fourth-order valence-electron chi connectivity index (χ4n) is 9.52. The largest absolute Gasteiger partial charge is 0.135 e. The Morgan fingerprint density at radius 3 is 1.46 bits per heavy atom. The van der Waals surface area contributed by atoms with Gasteiger partial charge in [-0.1, -0.05) is 188 Å². The maximum atomic E-state index is 2.42. The zero-order chi connectivity index (χ0) is 37.5. The smallest absolute Gasteiger partial charge is 0.0361 e. The van der Waals surface area contributed by atoms with Gasteiger partial charge in [0.15, 0.2) is 0 Å². The van der Waals surface area contributed by atoms with Crippen molar-refractivity contribution in [1.29, 1.82) is 0 Å². The van der Waals surface area contributed by atoms with Crippen molar-refractivity contribution in [2.24, 2.45) is 0 Å². The molecule has 0 atom stereocenters. The Hall–Kier alpha value is -7.06. The molecule has 0 bridgehead atoms. The number of hydrogen-bond acceptors (Lipinski definition) is 1. The minimum absolute atomic E-state index is 1.21. The van der Waals surface area contributed by atoms with Gasteiger partial charge in [-0.3, -0.25) is 0 Å². The van der Waals surface area contributed by atoms with Crippen molar-refractivity contribution < 1.29 is 0 Å². The quantitative estimate of drug-likeness (QED) is 0.125. The molecule has 57 heavy (non-hydrogen) atoms. The molecule has 0 aliphatic heterocycles. The number of fused-ring (bicyclic) bond motifs is 10. The van der Waals surface area contributed by atoms with E-state index in [1.165, 1.54) is 119 Å². The summed E-state index contributed by atoms with van der Waals surface area (Å²) in [5, 5.41) is 15.5. The van der Waals surface area contributed by atoms with Gasteiger partial charge in [-0.25, -0.2) is 0 Å². The van der Waals surface area contributed by atoms with Gasteiger partial charge in [0, 0.05) is 20.2 Å². The molecule has 0 N–H and O–H groups in total. The van der Waals surface area contributed by atoms with Crippen LogP contribution in [-0.2, 0) is 0 Å². The van der Waals surface area contributed by atoms with Crippen LogP contribution in [0.5, 0.6) is 0 Å². The Labute approximate surface area is 334 Å². The normalized spacial score (nSPS) is 11.9. The molecule has 0 aliphatic carbocycles. The first-order valence-corrected chi connectivity index (χ1v) is 20.5. The second-order valence-electron chi connectivity index (χ2n) is 15.1. The zero-order valence-corrected chi connectivity index (χ0v) is 31.9. The van der Waals surface area contributed by atoms with Gasteiger partial charge in [-0.05, 0) is 117 Å². The van der Waals surface area contributed by atoms with Gasteiger partial charge in [-0.2, -0.15) is 0 Å². The van der Waals surface area contributed by atoms with Gasteiger partial charge in [0.05, 0.1) is 0 Å². The molecular weight excluding hydrogens is 705 g/mol. The molecule has 0 amide bonds. The molecule has 12 rings (SSSR count). The van der Waals surface area contributed by atoms with Crippen molar-refractivity contribution in [3.8, 4) is 44.5 Å². The summed E-state index contributed by atoms with van der Waals surface area (Å²) in [7, 11) is 0. The van der Waals surface area contributed by atoms with Crippen molar-refractivity contribution >= 4 is 85.4 Å². The lowest BCUT2D eigenvalue weighted by molar-refractivity contribution is 1.60. The van der Waals surface area contributed by atoms with E-state index in [1.54, 1.807) is 0 Å². The Morgan fingerprint density at radius 2 is 0.754 bits per heavy atom. The average Bonchev–Trinajstić information content (AvgIpc) is 3.66. The van der Waals surface area contributed by atoms with E-state index in [0.29, 0.717) is 0 Å². The van der Waals surface area contributed by atoms with Crippen molar-refractivity contribution in [3.63, 3.8) is 0 Å². The lowest BCUT2D eigenvalue weighted by Crippen LogP contribution is -1.91. The molecule has 0 saturated carbocycles. The molecule has 1 heteroatoms. The fraction of sp³-hybridized carbons (Fsp3) is 0. The molecule has 0 nitrogen and oxygen atoms in total. The third-order valence-electron chi connectivity index (χ3n) is 12.1. The van der Waals surface area contributed by atoms with Crippen molar-refractivity contribution in [2.75, 3.05) is 0 Å². The molecule has 264 valence electrons. The monoisotopic (exact) mass is 738 g/mol. The molecule has 12 aromatic rings. The molecule has 11 aromatic carbocycles. The van der Waals surface area contributed by atoms with Crippen LogP contribution < -0.4 is 0 Å². The van der Waals surface area contributed by atoms with Crippen LogP contribution in [0.1, 0.15) is 0 Å². The first kappa shape index (κ1) is 32.2. The highest BCUT2D eigenvalue weighted by atomic mass is 32.1. The Kier molecular flexibility index (Phi) is 7.20. The van der Waals surface area contributed by atoms with Gasteiger partial charge in [0.1, 0.15) is 0 Å². The topological polar surface area (TPSA) is 0 Å². The van der Waals surface area contributed by atoms with E-state index < -0.39 is 0 Å². The van der Waals surface area contributed by atoms with Gasteiger partial charge in [0.25, 0.3) is 0 Å². The van der Waals surface area contributed by atoms with Gasteiger partial charge in [0.2, 0.25) is 0 Å².